The lowest BCUT2D eigenvalue weighted by Crippen LogP contribution is -2.54. The van der Waals surface area contributed by atoms with Crippen LogP contribution in [0.4, 0.5) is 0 Å². The van der Waals surface area contributed by atoms with Crippen LogP contribution in [0.1, 0.15) is 38.5 Å². The summed E-state index contributed by atoms with van der Waals surface area (Å²) in [5.74, 6) is 1.28. The monoisotopic (exact) mass is 272 g/mol. The lowest BCUT2D eigenvalue weighted by Gasteiger charge is -2.39. The highest BCUT2D eigenvalue weighted by Crippen LogP contribution is 2.41. The quantitative estimate of drug-likeness (QED) is 0.767. The van der Waals surface area contributed by atoms with Gasteiger partial charge in [-0.1, -0.05) is 25.1 Å². The van der Waals surface area contributed by atoms with Gasteiger partial charge >= 0.3 is 0 Å². The molecule has 0 aromatic heterocycles. The molecule has 3 N–H and O–H groups in total. The van der Waals surface area contributed by atoms with Gasteiger partial charge in [0, 0.05) is 11.8 Å². The average molecular weight is 272 g/mol. The zero-order valence-corrected chi connectivity index (χ0v) is 11.7. The molecule has 17 heavy (non-hydrogen) atoms. The van der Waals surface area contributed by atoms with E-state index in [1.54, 1.807) is 0 Å². The lowest BCUT2D eigenvalue weighted by atomic mass is 9.68. The molecule has 1 heterocycles. The topological polar surface area (TPSA) is 55.1 Å². The molecule has 0 aromatic carbocycles. The number of nitrogens with two attached hydrogens (primary N) is 1. The van der Waals surface area contributed by atoms with Crippen LogP contribution in [0.25, 0.3) is 0 Å². The molecule has 1 aliphatic heterocycles. The minimum absolute atomic E-state index is 0.0578. The Morgan fingerprint density at radius 1 is 1.41 bits per heavy atom. The van der Waals surface area contributed by atoms with Crippen molar-refractivity contribution in [2.45, 2.75) is 43.8 Å². The van der Waals surface area contributed by atoms with E-state index in [0.717, 1.165) is 25.8 Å². The number of hydrogen-bond donors (Lipinski definition) is 2. The van der Waals surface area contributed by atoms with Crippen molar-refractivity contribution in [2.24, 2.45) is 11.1 Å². The third-order valence-corrected chi connectivity index (χ3v) is 5.67. The number of thiocarbonyl (C=S) groups is 1. The molecular weight excluding hydrogens is 252 g/mol. The summed E-state index contributed by atoms with van der Waals surface area (Å²) in [7, 11) is 0. The van der Waals surface area contributed by atoms with Gasteiger partial charge in [0.25, 0.3) is 0 Å². The highest BCUT2D eigenvalue weighted by molar-refractivity contribution is 7.99. The first-order valence-corrected chi connectivity index (χ1v) is 7.81. The number of carbonyl (C=O) groups is 1. The van der Waals surface area contributed by atoms with E-state index < -0.39 is 5.41 Å². The van der Waals surface area contributed by atoms with Crippen LogP contribution in [0.2, 0.25) is 0 Å². The van der Waals surface area contributed by atoms with Crippen molar-refractivity contribution in [3.8, 4) is 0 Å². The minimum Gasteiger partial charge on any atom is -0.392 e. The van der Waals surface area contributed by atoms with Gasteiger partial charge in [0.15, 0.2) is 0 Å². The molecule has 0 aromatic rings. The van der Waals surface area contributed by atoms with Crippen LogP contribution >= 0.6 is 24.0 Å². The van der Waals surface area contributed by atoms with E-state index in [1.165, 1.54) is 25.0 Å². The predicted octanol–water partition coefficient (Wildman–Crippen LogP) is 1.84. The van der Waals surface area contributed by atoms with Gasteiger partial charge in [0.05, 0.1) is 10.4 Å². The van der Waals surface area contributed by atoms with Crippen LogP contribution in [0.3, 0.4) is 0 Å². The number of nitrogens with one attached hydrogen (secondary N) is 1. The summed E-state index contributed by atoms with van der Waals surface area (Å²) in [6.45, 7) is 0.772. The zero-order valence-electron chi connectivity index (χ0n) is 10.0. The van der Waals surface area contributed by atoms with Gasteiger partial charge in [-0.2, -0.15) is 11.8 Å². The van der Waals surface area contributed by atoms with E-state index >= 15 is 0 Å². The first-order chi connectivity index (χ1) is 8.15. The summed E-state index contributed by atoms with van der Waals surface area (Å²) in [4.78, 5) is 12.5. The van der Waals surface area contributed by atoms with Crippen LogP contribution in [0.15, 0.2) is 0 Å². The van der Waals surface area contributed by atoms with Gasteiger partial charge in [0.2, 0.25) is 5.91 Å². The van der Waals surface area contributed by atoms with Gasteiger partial charge in [0.1, 0.15) is 0 Å². The van der Waals surface area contributed by atoms with Gasteiger partial charge in [-0.3, -0.25) is 4.79 Å². The lowest BCUT2D eigenvalue weighted by molar-refractivity contribution is -0.130. The van der Waals surface area contributed by atoms with E-state index in [1.807, 2.05) is 11.8 Å². The first kappa shape index (κ1) is 13.1. The number of hydrogen-bond acceptors (Lipinski definition) is 3. The Labute approximate surface area is 112 Å². The molecule has 1 saturated carbocycles. The Morgan fingerprint density at radius 2 is 2.18 bits per heavy atom. The summed E-state index contributed by atoms with van der Waals surface area (Å²) >= 11 is 7.01. The standard InChI is InChI=1S/C12H20N2OS2/c13-10(16)12(5-3-6-12)11(15)14-8-9-4-1-2-7-17-9/h9H,1-8H2,(H2,13,16)(H,14,15). The normalized spacial score (nSPS) is 26.9. The molecule has 96 valence electrons. The molecule has 1 unspecified atom stereocenters. The van der Waals surface area contributed by atoms with Crippen molar-refractivity contribution in [1.29, 1.82) is 0 Å². The van der Waals surface area contributed by atoms with E-state index in [2.05, 4.69) is 5.32 Å². The molecule has 1 saturated heterocycles. The Bertz CT molecular complexity index is 310. The summed E-state index contributed by atoms with van der Waals surface area (Å²) < 4.78 is 0. The van der Waals surface area contributed by atoms with Crippen LogP contribution < -0.4 is 11.1 Å². The SMILES string of the molecule is NC(=S)C1(C(=O)NCC2CCCCS2)CCC1. The second kappa shape index (κ2) is 5.57. The molecule has 0 bridgehead atoms. The first-order valence-electron chi connectivity index (χ1n) is 6.35. The molecule has 3 nitrogen and oxygen atoms in total. The van der Waals surface area contributed by atoms with E-state index in [9.17, 15) is 4.79 Å². The molecule has 1 atom stereocenters. The fraction of sp³-hybridized carbons (Fsp3) is 0.833. The highest BCUT2D eigenvalue weighted by atomic mass is 32.2. The smallest absolute Gasteiger partial charge is 0.233 e. The molecule has 2 aliphatic rings. The Kier molecular flexibility index (Phi) is 4.31. The summed E-state index contributed by atoms with van der Waals surface area (Å²) in [6.07, 6.45) is 6.52. The predicted molar refractivity (Wildman–Crippen MR) is 76.2 cm³/mol. The van der Waals surface area contributed by atoms with Gasteiger partial charge in [-0.05, 0) is 31.4 Å². The van der Waals surface area contributed by atoms with Crippen LogP contribution in [-0.2, 0) is 4.79 Å². The van der Waals surface area contributed by atoms with Crippen molar-refractivity contribution in [3.05, 3.63) is 0 Å². The molecular formula is C12H20N2OS2. The molecule has 5 heteroatoms. The summed E-state index contributed by atoms with van der Waals surface area (Å²) in [6, 6.07) is 0. The molecule has 1 amide bonds. The number of carbonyl (C=O) groups excluding carboxylic acids is 1. The van der Waals surface area contributed by atoms with E-state index in [4.69, 9.17) is 18.0 Å². The summed E-state index contributed by atoms with van der Waals surface area (Å²) in [5.41, 5.74) is 5.19. The molecule has 1 aliphatic carbocycles. The molecule has 0 radical (unpaired) electrons. The number of rotatable bonds is 4. The van der Waals surface area contributed by atoms with Crippen molar-refractivity contribution in [1.82, 2.24) is 5.32 Å². The third kappa shape index (κ3) is 2.76. The van der Waals surface area contributed by atoms with Crippen molar-refractivity contribution < 1.29 is 4.79 Å². The Morgan fingerprint density at radius 3 is 2.65 bits per heavy atom. The third-order valence-electron chi connectivity index (χ3n) is 3.88. The molecule has 0 spiro atoms. The van der Waals surface area contributed by atoms with Crippen molar-refractivity contribution in [3.63, 3.8) is 0 Å². The van der Waals surface area contributed by atoms with Crippen LogP contribution in [0.5, 0.6) is 0 Å². The second-order valence-electron chi connectivity index (χ2n) is 5.00. The van der Waals surface area contributed by atoms with Gasteiger partial charge in [-0.15, -0.1) is 0 Å². The zero-order chi connectivity index (χ0) is 12.3. The van der Waals surface area contributed by atoms with Gasteiger partial charge < -0.3 is 11.1 Å². The van der Waals surface area contributed by atoms with Crippen LogP contribution in [-0.4, -0.2) is 28.4 Å². The van der Waals surface area contributed by atoms with Gasteiger partial charge in [-0.25, -0.2) is 0 Å². The maximum absolute atomic E-state index is 12.1. The Hall–Kier alpha value is -0.290. The molecule has 2 fully saturated rings. The largest absolute Gasteiger partial charge is 0.392 e. The Balaban J connectivity index is 1.82. The average Bonchev–Trinajstić information content (AvgIpc) is 2.25. The van der Waals surface area contributed by atoms with E-state index in [0.29, 0.717) is 10.2 Å². The molecule has 2 rings (SSSR count). The van der Waals surface area contributed by atoms with Crippen LogP contribution in [0, 0.1) is 5.41 Å². The maximum atomic E-state index is 12.1. The number of amides is 1. The fourth-order valence-electron chi connectivity index (χ4n) is 2.46. The highest BCUT2D eigenvalue weighted by Gasteiger charge is 2.46. The number of thioether (sulfide) groups is 1. The summed E-state index contributed by atoms with van der Waals surface area (Å²) in [5, 5.41) is 3.63. The van der Waals surface area contributed by atoms with Crippen molar-refractivity contribution >= 4 is 34.9 Å². The van der Waals surface area contributed by atoms with E-state index in [-0.39, 0.29) is 5.91 Å². The fourth-order valence-corrected chi connectivity index (χ4v) is 4.00. The van der Waals surface area contributed by atoms with Crippen molar-refractivity contribution in [2.75, 3.05) is 12.3 Å². The second-order valence-corrected chi connectivity index (χ2v) is 6.85. The maximum Gasteiger partial charge on any atom is 0.233 e. The minimum atomic E-state index is -0.519.